The molecule has 0 spiro atoms. The second-order valence-corrected chi connectivity index (χ2v) is 7.35. The van der Waals surface area contributed by atoms with Crippen molar-refractivity contribution in [3.63, 3.8) is 0 Å². The monoisotopic (exact) mass is 280 g/mol. The molecule has 2 rings (SSSR count). The second-order valence-electron chi connectivity index (χ2n) is 7.35. The van der Waals surface area contributed by atoms with Gasteiger partial charge < -0.3 is 4.74 Å². The van der Waals surface area contributed by atoms with Gasteiger partial charge in [0.05, 0.1) is 6.42 Å². The van der Waals surface area contributed by atoms with E-state index in [0.29, 0.717) is 12.8 Å². The summed E-state index contributed by atoms with van der Waals surface area (Å²) in [5.74, 6) is 0.157. The Kier molecular flexibility index (Phi) is 4.55. The molecule has 3 nitrogen and oxygen atoms in total. The van der Waals surface area contributed by atoms with E-state index >= 15 is 0 Å². The summed E-state index contributed by atoms with van der Waals surface area (Å²) in [5.41, 5.74) is -0.531. The summed E-state index contributed by atoms with van der Waals surface area (Å²) >= 11 is 0. The fourth-order valence-corrected chi connectivity index (χ4v) is 3.76. The predicted molar refractivity (Wildman–Crippen MR) is 78.3 cm³/mol. The van der Waals surface area contributed by atoms with Gasteiger partial charge >= 0.3 is 5.97 Å². The molecule has 0 radical (unpaired) electrons. The zero-order chi connectivity index (χ0) is 14.8. The molecule has 1 aliphatic carbocycles. The van der Waals surface area contributed by atoms with Crippen LogP contribution in [0.15, 0.2) is 0 Å². The van der Waals surface area contributed by atoms with Crippen LogP contribution in [-0.2, 0) is 14.3 Å². The molecule has 20 heavy (non-hydrogen) atoms. The minimum absolute atomic E-state index is 0.154. The summed E-state index contributed by atoms with van der Waals surface area (Å²) in [6.45, 7) is 6.67. The van der Waals surface area contributed by atoms with Gasteiger partial charge in [-0.25, -0.2) is 0 Å². The molecule has 1 saturated carbocycles. The van der Waals surface area contributed by atoms with Gasteiger partial charge in [0.25, 0.3) is 0 Å². The molecule has 0 bridgehead atoms. The SMILES string of the molecule is CCCCC(C)(C)CCC(=O)C12CCCC1CC(=O)O2. The molecule has 1 heterocycles. The topological polar surface area (TPSA) is 43.4 Å². The van der Waals surface area contributed by atoms with Gasteiger partial charge in [-0.15, -0.1) is 0 Å². The third-order valence-electron chi connectivity index (χ3n) is 5.18. The second kappa shape index (κ2) is 5.87. The first-order valence-electron chi connectivity index (χ1n) is 8.15. The van der Waals surface area contributed by atoms with Crippen LogP contribution in [0.3, 0.4) is 0 Å². The number of ketones is 1. The molecule has 2 aliphatic rings. The molecule has 0 aromatic carbocycles. The summed E-state index contributed by atoms with van der Waals surface area (Å²) < 4.78 is 5.49. The van der Waals surface area contributed by atoms with Crippen molar-refractivity contribution >= 4 is 11.8 Å². The van der Waals surface area contributed by atoms with Gasteiger partial charge in [0.15, 0.2) is 11.4 Å². The lowest BCUT2D eigenvalue weighted by Crippen LogP contribution is -2.41. The first-order chi connectivity index (χ1) is 9.39. The first-order valence-corrected chi connectivity index (χ1v) is 8.15. The smallest absolute Gasteiger partial charge is 0.307 e. The minimum atomic E-state index is -0.738. The van der Waals surface area contributed by atoms with Crippen molar-refractivity contribution in [3.8, 4) is 0 Å². The van der Waals surface area contributed by atoms with Crippen LogP contribution in [0.25, 0.3) is 0 Å². The fraction of sp³-hybridized carbons (Fsp3) is 0.882. The highest BCUT2D eigenvalue weighted by molar-refractivity contribution is 5.93. The van der Waals surface area contributed by atoms with Gasteiger partial charge in [0.1, 0.15) is 0 Å². The van der Waals surface area contributed by atoms with Gasteiger partial charge in [-0.3, -0.25) is 9.59 Å². The normalized spacial score (nSPS) is 29.4. The minimum Gasteiger partial charge on any atom is -0.451 e. The van der Waals surface area contributed by atoms with Crippen LogP contribution in [0.4, 0.5) is 0 Å². The Labute approximate surface area is 122 Å². The van der Waals surface area contributed by atoms with Gasteiger partial charge in [-0.1, -0.05) is 33.6 Å². The van der Waals surface area contributed by atoms with E-state index in [9.17, 15) is 9.59 Å². The molecule has 2 fully saturated rings. The Bertz CT molecular complexity index is 386. The third kappa shape index (κ3) is 3.07. The lowest BCUT2D eigenvalue weighted by molar-refractivity contribution is -0.158. The van der Waals surface area contributed by atoms with E-state index in [1.807, 2.05) is 0 Å². The quantitative estimate of drug-likeness (QED) is 0.661. The molecular formula is C17H28O3. The van der Waals surface area contributed by atoms with Crippen molar-refractivity contribution in [1.29, 1.82) is 0 Å². The molecule has 3 heteroatoms. The molecule has 0 amide bonds. The van der Waals surface area contributed by atoms with Gasteiger partial charge in [-0.05, 0) is 37.5 Å². The Hall–Kier alpha value is -0.860. The van der Waals surface area contributed by atoms with Crippen LogP contribution < -0.4 is 0 Å². The molecule has 0 aromatic heterocycles. The van der Waals surface area contributed by atoms with E-state index in [0.717, 1.165) is 32.1 Å². The Balaban J connectivity index is 1.93. The lowest BCUT2D eigenvalue weighted by atomic mass is 9.78. The van der Waals surface area contributed by atoms with Crippen LogP contribution in [-0.4, -0.2) is 17.4 Å². The summed E-state index contributed by atoms with van der Waals surface area (Å²) in [6, 6.07) is 0. The number of hydrogen-bond donors (Lipinski definition) is 0. The maximum Gasteiger partial charge on any atom is 0.307 e. The van der Waals surface area contributed by atoms with Crippen LogP contribution in [0.5, 0.6) is 0 Å². The zero-order valence-electron chi connectivity index (χ0n) is 13.2. The Morgan fingerprint density at radius 2 is 2.15 bits per heavy atom. The molecule has 2 unspecified atom stereocenters. The Morgan fingerprint density at radius 1 is 1.40 bits per heavy atom. The first kappa shape index (κ1) is 15.5. The van der Waals surface area contributed by atoms with Crippen molar-refractivity contribution in [1.82, 2.24) is 0 Å². The maximum absolute atomic E-state index is 12.6. The van der Waals surface area contributed by atoms with E-state index in [-0.39, 0.29) is 23.1 Å². The van der Waals surface area contributed by atoms with Crippen molar-refractivity contribution in [3.05, 3.63) is 0 Å². The van der Waals surface area contributed by atoms with Gasteiger partial charge in [0.2, 0.25) is 0 Å². The molecule has 0 aromatic rings. The molecule has 1 saturated heterocycles. The van der Waals surface area contributed by atoms with Gasteiger partial charge in [-0.2, -0.15) is 0 Å². The maximum atomic E-state index is 12.6. The van der Waals surface area contributed by atoms with E-state index in [4.69, 9.17) is 4.74 Å². The highest BCUT2D eigenvalue weighted by Crippen LogP contribution is 2.47. The molecule has 2 atom stereocenters. The Morgan fingerprint density at radius 3 is 2.85 bits per heavy atom. The highest BCUT2D eigenvalue weighted by atomic mass is 16.6. The predicted octanol–water partition coefficient (Wildman–Crippen LogP) is 4.04. The van der Waals surface area contributed by atoms with Crippen molar-refractivity contribution < 1.29 is 14.3 Å². The van der Waals surface area contributed by atoms with Crippen LogP contribution in [0.2, 0.25) is 0 Å². The number of carbonyl (C=O) groups excluding carboxylic acids is 2. The molecule has 114 valence electrons. The average molecular weight is 280 g/mol. The average Bonchev–Trinajstić information content (AvgIpc) is 2.90. The van der Waals surface area contributed by atoms with Gasteiger partial charge in [0, 0.05) is 12.3 Å². The highest BCUT2D eigenvalue weighted by Gasteiger charge is 2.56. The standard InChI is InChI=1S/C17H28O3/c1-4-5-9-16(2,3)11-8-14(18)17-10-6-7-13(17)12-15(19)20-17/h13H,4-12H2,1-3H3. The lowest BCUT2D eigenvalue weighted by Gasteiger charge is -2.29. The zero-order valence-corrected chi connectivity index (χ0v) is 13.2. The third-order valence-corrected chi connectivity index (χ3v) is 5.18. The summed E-state index contributed by atoms with van der Waals surface area (Å²) in [6.07, 6.45) is 8.21. The van der Waals surface area contributed by atoms with Crippen molar-refractivity contribution in [2.24, 2.45) is 11.3 Å². The summed E-state index contributed by atoms with van der Waals surface area (Å²) in [5, 5.41) is 0. The van der Waals surface area contributed by atoms with Crippen molar-refractivity contribution in [2.75, 3.05) is 0 Å². The van der Waals surface area contributed by atoms with Crippen LogP contribution in [0.1, 0.15) is 78.6 Å². The number of fused-ring (bicyclic) bond motifs is 1. The van der Waals surface area contributed by atoms with E-state index in [1.54, 1.807) is 0 Å². The van der Waals surface area contributed by atoms with E-state index < -0.39 is 5.60 Å². The number of ether oxygens (including phenoxy) is 1. The number of Topliss-reactive ketones (excluding diaryl/α,β-unsaturated/α-hetero) is 1. The number of hydrogen-bond acceptors (Lipinski definition) is 3. The van der Waals surface area contributed by atoms with E-state index in [1.165, 1.54) is 12.8 Å². The fourth-order valence-electron chi connectivity index (χ4n) is 3.76. The van der Waals surface area contributed by atoms with Crippen molar-refractivity contribution in [2.45, 2.75) is 84.2 Å². The molecule has 1 aliphatic heterocycles. The molecular weight excluding hydrogens is 252 g/mol. The largest absolute Gasteiger partial charge is 0.451 e. The summed E-state index contributed by atoms with van der Waals surface area (Å²) in [7, 11) is 0. The number of carbonyl (C=O) groups is 2. The van der Waals surface area contributed by atoms with E-state index in [2.05, 4.69) is 20.8 Å². The summed E-state index contributed by atoms with van der Waals surface area (Å²) in [4.78, 5) is 24.2. The number of unbranched alkanes of at least 4 members (excludes halogenated alkanes) is 1. The van der Waals surface area contributed by atoms with Crippen LogP contribution in [0, 0.1) is 11.3 Å². The van der Waals surface area contributed by atoms with Crippen LogP contribution >= 0.6 is 0 Å². The number of rotatable bonds is 7. The number of esters is 1. The molecule has 0 N–H and O–H groups in total.